The molecule has 1 amide bonds. The van der Waals surface area contributed by atoms with E-state index in [2.05, 4.69) is 10.6 Å². The highest BCUT2D eigenvalue weighted by atomic mass is 19.4. The number of para-hydroxylation sites is 1. The number of hydrogen-bond acceptors (Lipinski definition) is 4. The smallest absolute Gasteiger partial charge is 0.416 e. The molecule has 0 saturated heterocycles. The minimum absolute atomic E-state index is 0.0346. The lowest BCUT2D eigenvalue weighted by Gasteiger charge is -2.27. The van der Waals surface area contributed by atoms with E-state index in [0.717, 1.165) is 44.2 Å². The van der Waals surface area contributed by atoms with E-state index in [1.54, 1.807) is 18.2 Å². The third kappa shape index (κ3) is 4.47. The molecule has 0 spiro atoms. The molecule has 1 unspecified atom stereocenters. The van der Waals surface area contributed by atoms with Crippen molar-refractivity contribution in [3.8, 4) is 11.5 Å². The maximum absolute atomic E-state index is 13.2. The fraction of sp³-hybridized carbons (Fsp3) is 0.409. The molecular weight excluding hydrogens is 397 g/mol. The minimum atomic E-state index is -4.47. The maximum atomic E-state index is 13.2. The quantitative estimate of drug-likeness (QED) is 0.712. The molecule has 2 aliphatic rings. The fourth-order valence-electron chi connectivity index (χ4n) is 3.95. The van der Waals surface area contributed by atoms with Gasteiger partial charge in [0.2, 0.25) is 12.7 Å². The van der Waals surface area contributed by atoms with Gasteiger partial charge in [0.25, 0.3) is 0 Å². The van der Waals surface area contributed by atoms with Gasteiger partial charge in [-0.2, -0.15) is 13.2 Å². The highest BCUT2D eigenvalue weighted by molar-refractivity contribution is 5.87. The Labute approximate surface area is 172 Å². The molecule has 2 aromatic rings. The monoisotopic (exact) mass is 420 g/mol. The van der Waals surface area contributed by atoms with Crippen molar-refractivity contribution in [1.29, 1.82) is 0 Å². The number of alkyl halides is 3. The lowest BCUT2D eigenvalue weighted by molar-refractivity contribution is -0.137. The molecule has 4 rings (SSSR count). The number of hydrogen-bond donors (Lipinski definition) is 2. The van der Waals surface area contributed by atoms with Gasteiger partial charge in [-0.05, 0) is 37.1 Å². The Morgan fingerprint density at radius 1 is 1.03 bits per heavy atom. The predicted octanol–water partition coefficient (Wildman–Crippen LogP) is 5.04. The van der Waals surface area contributed by atoms with E-state index in [0.29, 0.717) is 17.1 Å². The molecule has 160 valence electrons. The molecule has 1 fully saturated rings. The van der Waals surface area contributed by atoms with Crippen molar-refractivity contribution in [3.05, 3.63) is 53.6 Å². The van der Waals surface area contributed by atoms with Crippen LogP contribution in [-0.4, -0.2) is 18.7 Å². The standard InChI is InChI=1S/C22H23F3N2O3/c23-22(24,25)14-6-4-9-16(12-14)26-19(21(28)27-15-7-2-1-3-8-15)17-10-5-11-18-20(17)30-13-29-18/h4-6,9-12,15,19,26H,1-3,7-8,13H2,(H,27,28). The summed E-state index contributed by atoms with van der Waals surface area (Å²) >= 11 is 0. The van der Waals surface area contributed by atoms with Crippen LogP contribution in [0.25, 0.3) is 0 Å². The zero-order valence-corrected chi connectivity index (χ0v) is 16.3. The number of benzene rings is 2. The van der Waals surface area contributed by atoms with Crippen LogP contribution in [0.4, 0.5) is 18.9 Å². The summed E-state index contributed by atoms with van der Waals surface area (Å²) in [6.45, 7) is 0.0346. The first-order chi connectivity index (χ1) is 14.4. The average molecular weight is 420 g/mol. The van der Waals surface area contributed by atoms with Gasteiger partial charge in [-0.15, -0.1) is 0 Å². The summed E-state index contributed by atoms with van der Waals surface area (Å²) in [5.74, 6) is 0.637. The van der Waals surface area contributed by atoms with E-state index < -0.39 is 17.8 Å². The van der Waals surface area contributed by atoms with Crippen LogP contribution in [0.2, 0.25) is 0 Å². The third-order valence-corrected chi connectivity index (χ3v) is 5.45. The molecule has 1 aliphatic heterocycles. The average Bonchev–Trinajstić information content (AvgIpc) is 3.21. The van der Waals surface area contributed by atoms with Crippen molar-refractivity contribution < 1.29 is 27.4 Å². The van der Waals surface area contributed by atoms with E-state index in [1.165, 1.54) is 12.1 Å². The first-order valence-electron chi connectivity index (χ1n) is 10.0. The molecule has 0 radical (unpaired) electrons. The summed E-state index contributed by atoms with van der Waals surface area (Å²) in [5, 5.41) is 6.03. The normalized spacial score (nSPS) is 17.4. The maximum Gasteiger partial charge on any atom is 0.416 e. The number of amides is 1. The summed E-state index contributed by atoms with van der Waals surface area (Å²) in [6.07, 6.45) is 0.573. The van der Waals surface area contributed by atoms with E-state index in [-0.39, 0.29) is 24.4 Å². The Morgan fingerprint density at radius 3 is 2.57 bits per heavy atom. The van der Waals surface area contributed by atoms with Crippen LogP contribution < -0.4 is 20.1 Å². The lowest BCUT2D eigenvalue weighted by Crippen LogP contribution is -2.41. The zero-order chi connectivity index (χ0) is 21.1. The summed E-state index contributed by atoms with van der Waals surface area (Å²) in [7, 11) is 0. The second-order valence-electron chi connectivity index (χ2n) is 7.58. The Kier molecular flexibility index (Phi) is 5.74. The first kappa shape index (κ1) is 20.4. The number of carbonyl (C=O) groups is 1. The second kappa shape index (κ2) is 8.45. The summed E-state index contributed by atoms with van der Waals surface area (Å²) < 4.78 is 50.3. The van der Waals surface area contributed by atoms with E-state index in [1.807, 2.05) is 0 Å². The summed E-state index contributed by atoms with van der Waals surface area (Å²) in [6, 6.07) is 9.15. The number of anilines is 1. The molecule has 0 aromatic heterocycles. The number of rotatable bonds is 5. The van der Waals surface area contributed by atoms with Crippen molar-refractivity contribution in [2.75, 3.05) is 12.1 Å². The molecule has 5 nitrogen and oxygen atoms in total. The number of fused-ring (bicyclic) bond motifs is 1. The van der Waals surface area contributed by atoms with E-state index in [9.17, 15) is 18.0 Å². The molecule has 1 saturated carbocycles. The van der Waals surface area contributed by atoms with Crippen molar-refractivity contribution in [3.63, 3.8) is 0 Å². The van der Waals surface area contributed by atoms with E-state index >= 15 is 0 Å². The molecule has 0 bridgehead atoms. The molecule has 8 heteroatoms. The van der Waals surface area contributed by atoms with Gasteiger partial charge in [0, 0.05) is 17.3 Å². The van der Waals surface area contributed by atoms with Gasteiger partial charge >= 0.3 is 6.18 Å². The zero-order valence-electron chi connectivity index (χ0n) is 16.3. The Balaban J connectivity index is 1.64. The van der Waals surface area contributed by atoms with Crippen LogP contribution >= 0.6 is 0 Å². The van der Waals surface area contributed by atoms with Gasteiger partial charge < -0.3 is 20.1 Å². The molecule has 30 heavy (non-hydrogen) atoms. The molecule has 1 aliphatic carbocycles. The first-order valence-corrected chi connectivity index (χ1v) is 10.0. The van der Waals surface area contributed by atoms with Crippen LogP contribution in [0.3, 0.4) is 0 Å². The van der Waals surface area contributed by atoms with Gasteiger partial charge in [-0.25, -0.2) is 0 Å². The predicted molar refractivity (Wildman–Crippen MR) is 105 cm³/mol. The summed E-state index contributed by atoms with van der Waals surface area (Å²) in [4.78, 5) is 13.2. The van der Waals surface area contributed by atoms with Crippen molar-refractivity contribution in [1.82, 2.24) is 5.32 Å². The largest absolute Gasteiger partial charge is 0.454 e. The Bertz CT molecular complexity index is 911. The van der Waals surface area contributed by atoms with Crippen molar-refractivity contribution >= 4 is 11.6 Å². The van der Waals surface area contributed by atoms with Crippen LogP contribution in [0, 0.1) is 0 Å². The topological polar surface area (TPSA) is 59.6 Å². The molecule has 1 heterocycles. The highest BCUT2D eigenvalue weighted by Gasteiger charge is 2.32. The van der Waals surface area contributed by atoms with Crippen LogP contribution in [0.1, 0.15) is 49.3 Å². The number of nitrogens with one attached hydrogen (secondary N) is 2. The number of carbonyl (C=O) groups excluding carboxylic acids is 1. The molecule has 2 N–H and O–H groups in total. The van der Waals surface area contributed by atoms with Crippen molar-refractivity contribution in [2.45, 2.75) is 50.4 Å². The second-order valence-corrected chi connectivity index (χ2v) is 7.58. The van der Waals surface area contributed by atoms with Crippen LogP contribution in [0.15, 0.2) is 42.5 Å². The van der Waals surface area contributed by atoms with Crippen LogP contribution in [0.5, 0.6) is 11.5 Å². The van der Waals surface area contributed by atoms with Gasteiger partial charge in [-0.1, -0.05) is 37.5 Å². The van der Waals surface area contributed by atoms with Crippen molar-refractivity contribution in [2.24, 2.45) is 0 Å². The van der Waals surface area contributed by atoms with E-state index in [4.69, 9.17) is 9.47 Å². The van der Waals surface area contributed by atoms with Crippen LogP contribution in [-0.2, 0) is 11.0 Å². The van der Waals surface area contributed by atoms with Gasteiger partial charge in [0.15, 0.2) is 11.5 Å². The number of halogens is 3. The van der Waals surface area contributed by atoms with Gasteiger partial charge in [0.05, 0.1) is 5.56 Å². The molecular formula is C22H23F3N2O3. The fourth-order valence-corrected chi connectivity index (χ4v) is 3.95. The third-order valence-electron chi connectivity index (χ3n) is 5.45. The summed E-state index contributed by atoms with van der Waals surface area (Å²) in [5.41, 5.74) is -0.0577. The minimum Gasteiger partial charge on any atom is -0.454 e. The SMILES string of the molecule is O=C(NC1CCCCC1)C(Nc1cccc(C(F)(F)F)c1)c1cccc2c1OCO2. The lowest BCUT2D eigenvalue weighted by atomic mass is 9.94. The van der Waals surface area contributed by atoms with Gasteiger partial charge in [-0.3, -0.25) is 4.79 Å². The van der Waals surface area contributed by atoms with Gasteiger partial charge in [0.1, 0.15) is 6.04 Å². The molecule has 2 aromatic carbocycles. The Morgan fingerprint density at radius 2 is 1.80 bits per heavy atom. The number of ether oxygens (including phenoxy) is 2. The Hall–Kier alpha value is -2.90. The molecule has 1 atom stereocenters. The highest BCUT2D eigenvalue weighted by Crippen LogP contribution is 2.40.